The summed E-state index contributed by atoms with van der Waals surface area (Å²) >= 11 is 0. The highest BCUT2D eigenvalue weighted by atomic mass is 16.5. The van der Waals surface area contributed by atoms with Gasteiger partial charge in [0.25, 0.3) is 5.91 Å². The maximum atomic E-state index is 11.8. The van der Waals surface area contributed by atoms with Crippen molar-refractivity contribution in [1.29, 1.82) is 0 Å². The summed E-state index contributed by atoms with van der Waals surface area (Å²) < 4.78 is 20.6. The lowest BCUT2D eigenvalue weighted by molar-refractivity contribution is -0.150. The molecule has 0 aliphatic heterocycles. The maximum Gasteiger partial charge on any atom is 0.310 e. The van der Waals surface area contributed by atoms with E-state index in [9.17, 15) is 9.59 Å². The number of rotatable bonds is 7. The van der Waals surface area contributed by atoms with Crippen LogP contribution in [0.15, 0.2) is 12.1 Å². The zero-order chi connectivity index (χ0) is 16.7. The molecule has 1 rings (SSSR count). The number of benzene rings is 1. The number of amides is 1. The standard InChI is InChI=1S/C15H21NO6/c1-16(2)13(17)9-22-14(18)8-10-6-11(19-3)15(21-5)12(7-10)20-4/h6-7H,8-9H2,1-5H3. The first-order chi connectivity index (χ1) is 10.4. The second-order valence-corrected chi connectivity index (χ2v) is 4.66. The Labute approximate surface area is 129 Å². The van der Waals surface area contributed by atoms with Crippen molar-refractivity contribution in [2.45, 2.75) is 6.42 Å². The molecule has 0 fully saturated rings. The molecule has 0 saturated carbocycles. The average molecular weight is 311 g/mol. The molecular weight excluding hydrogens is 290 g/mol. The Morgan fingerprint density at radius 3 is 1.95 bits per heavy atom. The average Bonchev–Trinajstić information content (AvgIpc) is 2.51. The van der Waals surface area contributed by atoms with Crippen LogP contribution in [0.5, 0.6) is 17.2 Å². The molecule has 0 radical (unpaired) electrons. The zero-order valence-electron chi connectivity index (χ0n) is 13.5. The Bertz CT molecular complexity index is 516. The molecule has 0 aliphatic rings. The van der Waals surface area contributed by atoms with Crippen LogP contribution in [0.1, 0.15) is 5.56 Å². The molecule has 0 N–H and O–H groups in total. The van der Waals surface area contributed by atoms with Gasteiger partial charge in [0.05, 0.1) is 27.8 Å². The first kappa shape index (κ1) is 17.6. The first-order valence-corrected chi connectivity index (χ1v) is 6.57. The second kappa shape index (κ2) is 8.11. The number of ether oxygens (including phenoxy) is 4. The highest BCUT2D eigenvalue weighted by molar-refractivity contribution is 5.81. The maximum absolute atomic E-state index is 11.8. The quantitative estimate of drug-likeness (QED) is 0.696. The molecule has 122 valence electrons. The summed E-state index contributed by atoms with van der Waals surface area (Å²) in [5, 5.41) is 0. The molecule has 1 aromatic carbocycles. The molecule has 0 heterocycles. The van der Waals surface area contributed by atoms with E-state index in [0.717, 1.165) is 0 Å². The summed E-state index contributed by atoms with van der Waals surface area (Å²) in [5.41, 5.74) is 0.636. The molecule has 22 heavy (non-hydrogen) atoms. The lowest BCUT2D eigenvalue weighted by Gasteiger charge is -2.14. The SMILES string of the molecule is COc1cc(CC(=O)OCC(=O)N(C)C)cc(OC)c1OC. The van der Waals surface area contributed by atoms with Crippen LogP contribution >= 0.6 is 0 Å². The molecule has 7 nitrogen and oxygen atoms in total. The van der Waals surface area contributed by atoms with Crippen molar-refractivity contribution in [3.8, 4) is 17.2 Å². The number of methoxy groups -OCH3 is 3. The van der Waals surface area contributed by atoms with Crippen LogP contribution in [0.3, 0.4) is 0 Å². The largest absolute Gasteiger partial charge is 0.493 e. The summed E-state index contributed by atoms with van der Waals surface area (Å²) in [6.07, 6.45) is -0.00256. The fraction of sp³-hybridized carbons (Fsp3) is 0.467. The predicted molar refractivity (Wildman–Crippen MR) is 79.5 cm³/mol. The molecular formula is C15H21NO6. The molecule has 1 amide bonds. The van der Waals surface area contributed by atoms with Crippen LogP contribution in [0, 0.1) is 0 Å². The Balaban J connectivity index is 2.81. The van der Waals surface area contributed by atoms with Gasteiger partial charge in [-0.25, -0.2) is 0 Å². The van der Waals surface area contributed by atoms with Crippen LogP contribution in [0.25, 0.3) is 0 Å². The van der Waals surface area contributed by atoms with E-state index >= 15 is 0 Å². The lowest BCUT2D eigenvalue weighted by Crippen LogP contribution is -2.27. The third-order valence-electron chi connectivity index (χ3n) is 2.93. The smallest absolute Gasteiger partial charge is 0.310 e. The highest BCUT2D eigenvalue weighted by Crippen LogP contribution is 2.38. The van der Waals surface area contributed by atoms with E-state index in [1.807, 2.05) is 0 Å². The number of likely N-dealkylation sites (N-methyl/N-ethyl adjacent to an activating group) is 1. The number of carbonyl (C=O) groups is 2. The van der Waals surface area contributed by atoms with Gasteiger partial charge in [-0.05, 0) is 17.7 Å². The van der Waals surface area contributed by atoms with Crippen LogP contribution in [0.4, 0.5) is 0 Å². The van der Waals surface area contributed by atoms with E-state index < -0.39 is 5.97 Å². The monoisotopic (exact) mass is 311 g/mol. The summed E-state index contributed by atoms with van der Waals surface area (Å²) in [5.74, 6) is 0.565. The Kier molecular flexibility index (Phi) is 6.49. The van der Waals surface area contributed by atoms with Crippen molar-refractivity contribution in [2.75, 3.05) is 42.0 Å². The molecule has 7 heteroatoms. The van der Waals surface area contributed by atoms with E-state index in [4.69, 9.17) is 18.9 Å². The molecule has 0 bridgehead atoms. The molecule has 0 unspecified atom stereocenters. The van der Waals surface area contributed by atoms with Crippen molar-refractivity contribution in [3.63, 3.8) is 0 Å². The normalized spacial score (nSPS) is 9.86. The predicted octanol–water partition coefficient (Wildman–Crippen LogP) is 0.886. The van der Waals surface area contributed by atoms with Gasteiger partial charge < -0.3 is 23.8 Å². The van der Waals surface area contributed by atoms with Crippen molar-refractivity contribution in [2.24, 2.45) is 0 Å². The van der Waals surface area contributed by atoms with Gasteiger partial charge in [0.2, 0.25) is 5.75 Å². The van der Waals surface area contributed by atoms with E-state index in [1.54, 1.807) is 26.2 Å². The minimum Gasteiger partial charge on any atom is -0.493 e. The van der Waals surface area contributed by atoms with E-state index in [0.29, 0.717) is 22.8 Å². The zero-order valence-corrected chi connectivity index (χ0v) is 13.5. The van der Waals surface area contributed by atoms with Crippen molar-refractivity contribution < 1.29 is 28.5 Å². The summed E-state index contributed by atoms with van der Waals surface area (Å²) in [7, 11) is 7.68. The summed E-state index contributed by atoms with van der Waals surface area (Å²) in [4.78, 5) is 24.5. The number of carbonyl (C=O) groups excluding carboxylic acids is 2. The Morgan fingerprint density at radius 2 is 1.55 bits per heavy atom. The fourth-order valence-corrected chi connectivity index (χ4v) is 1.73. The molecule has 0 spiro atoms. The third kappa shape index (κ3) is 4.54. The van der Waals surface area contributed by atoms with Crippen LogP contribution in [-0.2, 0) is 20.7 Å². The third-order valence-corrected chi connectivity index (χ3v) is 2.93. The number of nitrogens with zero attached hydrogens (tertiary/aromatic N) is 1. The number of hydrogen-bond donors (Lipinski definition) is 0. The fourth-order valence-electron chi connectivity index (χ4n) is 1.73. The Morgan fingerprint density at radius 1 is 1.00 bits per heavy atom. The summed E-state index contributed by atoms with van der Waals surface area (Å²) in [6.45, 7) is -0.281. The van der Waals surface area contributed by atoms with E-state index in [2.05, 4.69) is 0 Å². The van der Waals surface area contributed by atoms with Crippen LogP contribution in [0.2, 0.25) is 0 Å². The Hall–Kier alpha value is -2.44. The number of esters is 1. The summed E-state index contributed by atoms with van der Waals surface area (Å²) in [6, 6.07) is 3.33. The highest BCUT2D eigenvalue weighted by Gasteiger charge is 2.16. The molecule has 1 aromatic rings. The molecule has 0 saturated heterocycles. The molecule has 0 atom stereocenters. The van der Waals surface area contributed by atoms with Gasteiger partial charge in [-0.15, -0.1) is 0 Å². The minimum atomic E-state index is -0.510. The van der Waals surface area contributed by atoms with Crippen molar-refractivity contribution >= 4 is 11.9 Å². The van der Waals surface area contributed by atoms with Gasteiger partial charge >= 0.3 is 5.97 Å². The lowest BCUT2D eigenvalue weighted by atomic mass is 10.1. The van der Waals surface area contributed by atoms with Gasteiger partial charge in [0, 0.05) is 14.1 Å². The van der Waals surface area contributed by atoms with Gasteiger partial charge in [-0.1, -0.05) is 0 Å². The minimum absolute atomic E-state index is 0.00256. The van der Waals surface area contributed by atoms with Gasteiger partial charge in [-0.2, -0.15) is 0 Å². The molecule has 0 aliphatic carbocycles. The van der Waals surface area contributed by atoms with Crippen molar-refractivity contribution in [3.05, 3.63) is 17.7 Å². The second-order valence-electron chi connectivity index (χ2n) is 4.66. The first-order valence-electron chi connectivity index (χ1n) is 6.57. The van der Waals surface area contributed by atoms with Gasteiger partial charge in [-0.3, -0.25) is 9.59 Å². The topological polar surface area (TPSA) is 74.3 Å². The van der Waals surface area contributed by atoms with Crippen molar-refractivity contribution in [1.82, 2.24) is 4.90 Å². The van der Waals surface area contributed by atoms with E-state index in [-0.39, 0.29) is 18.9 Å². The van der Waals surface area contributed by atoms with Crippen LogP contribution in [-0.4, -0.2) is 58.8 Å². The van der Waals surface area contributed by atoms with Crippen LogP contribution < -0.4 is 14.2 Å². The van der Waals surface area contributed by atoms with Gasteiger partial charge in [0.1, 0.15) is 0 Å². The molecule has 0 aromatic heterocycles. The van der Waals surface area contributed by atoms with E-state index in [1.165, 1.54) is 26.2 Å². The van der Waals surface area contributed by atoms with Gasteiger partial charge in [0.15, 0.2) is 18.1 Å². The number of hydrogen-bond acceptors (Lipinski definition) is 6.